The van der Waals surface area contributed by atoms with Crippen molar-refractivity contribution >= 4 is 5.97 Å². The lowest BCUT2D eigenvalue weighted by atomic mass is 9.76. The Balaban J connectivity index is 2.56. The van der Waals surface area contributed by atoms with E-state index in [9.17, 15) is 15.0 Å². The quantitative estimate of drug-likeness (QED) is 0.340. The van der Waals surface area contributed by atoms with Crippen molar-refractivity contribution in [3.8, 4) is 45.6 Å². The maximum atomic E-state index is 12.9. The highest BCUT2D eigenvalue weighted by molar-refractivity contribution is 5.94. The average molecular weight is 487 g/mol. The summed E-state index contributed by atoms with van der Waals surface area (Å²) in [5, 5.41) is 22.1. The molecule has 0 spiro atoms. The predicted octanol–water partition coefficient (Wildman–Crippen LogP) is 4.83. The Bertz CT molecular complexity index is 1150. The standard InChI is InChI=1S/C27H34O8/c1-9-13(2)27(30)35-26-20-16(11-19(31-5)24(26)33-7)10-14(3)15(4)22(29)17-12-18(28)23(32-6)25(34-8)21(17)20/h9,11-12,14-15,22,28-29H,10H2,1-8H3/t14-,15-,22+/m1/s1. The number of allylic oxidation sites excluding steroid dienone is 1. The zero-order chi connectivity index (χ0) is 26.0. The van der Waals surface area contributed by atoms with Crippen LogP contribution >= 0.6 is 0 Å². The summed E-state index contributed by atoms with van der Waals surface area (Å²) in [6.45, 7) is 7.39. The van der Waals surface area contributed by atoms with Crippen LogP contribution in [0, 0.1) is 11.8 Å². The first-order valence-electron chi connectivity index (χ1n) is 11.4. The molecular weight excluding hydrogens is 452 g/mol. The van der Waals surface area contributed by atoms with Crippen LogP contribution < -0.4 is 23.7 Å². The van der Waals surface area contributed by atoms with Crippen molar-refractivity contribution in [3.05, 3.63) is 34.9 Å². The van der Waals surface area contributed by atoms with Gasteiger partial charge < -0.3 is 33.9 Å². The number of phenolic OH excluding ortho intramolecular Hbond substituents is 1. The van der Waals surface area contributed by atoms with Crippen LogP contribution in [0.15, 0.2) is 23.8 Å². The highest BCUT2D eigenvalue weighted by Crippen LogP contribution is 2.57. The monoisotopic (exact) mass is 486 g/mol. The number of aliphatic hydroxyl groups excluding tert-OH is 1. The van der Waals surface area contributed by atoms with Gasteiger partial charge in [-0.25, -0.2) is 4.79 Å². The molecule has 190 valence electrons. The lowest BCUT2D eigenvalue weighted by Gasteiger charge is -2.33. The minimum atomic E-state index is -0.937. The zero-order valence-electron chi connectivity index (χ0n) is 21.5. The molecule has 8 heteroatoms. The van der Waals surface area contributed by atoms with Crippen LogP contribution in [0.25, 0.3) is 11.1 Å². The largest absolute Gasteiger partial charge is 0.504 e. The molecule has 0 saturated heterocycles. The Labute approximate surface area is 206 Å². The van der Waals surface area contributed by atoms with Gasteiger partial charge >= 0.3 is 5.97 Å². The maximum Gasteiger partial charge on any atom is 0.338 e. The number of hydrogen-bond acceptors (Lipinski definition) is 8. The topological polar surface area (TPSA) is 104 Å². The summed E-state index contributed by atoms with van der Waals surface area (Å²) in [7, 11) is 5.84. The number of esters is 1. The smallest absolute Gasteiger partial charge is 0.338 e. The van der Waals surface area contributed by atoms with Crippen molar-refractivity contribution in [2.75, 3.05) is 28.4 Å². The Kier molecular flexibility index (Phi) is 7.85. The molecule has 0 unspecified atom stereocenters. The number of carbonyl (C=O) groups is 1. The molecule has 0 fully saturated rings. The minimum Gasteiger partial charge on any atom is -0.504 e. The lowest BCUT2D eigenvalue weighted by molar-refractivity contribution is -0.130. The van der Waals surface area contributed by atoms with Crippen molar-refractivity contribution in [2.24, 2.45) is 11.8 Å². The Morgan fingerprint density at radius 2 is 1.57 bits per heavy atom. The molecule has 2 aromatic rings. The van der Waals surface area contributed by atoms with Gasteiger partial charge in [0.05, 0.1) is 34.5 Å². The fraction of sp³-hybridized carbons (Fsp3) is 0.444. The second kappa shape index (κ2) is 10.5. The second-order valence-corrected chi connectivity index (χ2v) is 8.75. The first-order chi connectivity index (χ1) is 16.6. The van der Waals surface area contributed by atoms with Gasteiger partial charge in [0, 0.05) is 16.7 Å². The van der Waals surface area contributed by atoms with Gasteiger partial charge in [-0.2, -0.15) is 0 Å². The van der Waals surface area contributed by atoms with Gasteiger partial charge in [-0.3, -0.25) is 0 Å². The van der Waals surface area contributed by atoms with E-state index in [2.05, 4.69) is 0 Å². The lowest BCUT2D eigenvalue weighted by Crippen LogP contribution is -2.23. The number of hydrogen-bond donors (Lipinski definition) is 2. The van der Waals surface area contributed by atoms with Crippen LogP contribution in [-0.4, -0.2) is 44.6 Å². The molecule has 8 nitrogen and oxygen atoms in total. The second-order valence-electron chi connectivity index (χ2n) is 8.75. The van der Waals surface area contributed by atoms with Crippen LogP contribution in [0.1, 0.15) is 44.9 Å². The van der Waals surface area contributed by atoms with Crippen molar-refractivity contribution in [1.29, 1.82) is 0 Å². The number of phenols is 1. The minimum absolute atomic E-state index is 0.0334. The SMILES string of the molecule is CC=C(C)C(=O)Oc1c(OC)c(OC)cc2c1-c1c(cc(O)c(OC)c1OC)[C@@H](O)[C@H](C)[C@H](C)C2. The number of rotatable bonds is 6. The Hall–Kier alpha value is -3.39. The van der Waals surface area contributed by atoms with E-state index in [-0.39, 0.29) is 40.6 Å². The molecule has 0 bridgehead atoms. The highest BCUT2D eigenvalue weighted by atomic mass is 16.6. The summed E-state index contributed by atoms with van der Waals surface area (Å²) >= 11 is 0. The van der Waals surface area contributed by atoms with E-state index >= 15 is 0 Å². The van der Waals surface area contributed by atoms with Gasteiger partial charge in [0.15, 0.2) is 23.0 Å². The molecule has 2 N–H and O–H groups in total. The molecule has 3 rings (SSSR count). The number of aliphatic hydroxyl groups is 1. The van der Waals surface area contributed by atoms with Crippen LogP contribution in [0.5, 0.6) is 34.5 Å². The third-order valence-corrected chi connectivity index (χ3v) is 6.82. The van der Waals surface area contributed by atoms with E-state index in [4.69, 9.17) is 23.7 Å². The molecule has 0 heterocycles. The maximum absolute atomic E-state index is 12.9. The number of fused-ring (bicyclic) bond motifs is 3. The molecule has 1 aliphatic carbocycles. The summed E-state index contributed by atoms with van der Waals surface area (Å²) in [6, 6.07) is 3.32. The van der Waals surface area contributed by atoms with E-state index < -0.39 is 12.1 Å². The van der Waals surface area contributed by atoms with Gasteiger partial charge in [0.25, 0.3) is 0 Å². The van der Waals surface area contributed by atoms with Gasteiger partial charge in [-0.05, 0) is 55.4 Å². The predicted molar refractivity (Wildman–Crippen MR) is 132 cm³/mol. The van der Waals surface area contributed by atoms with E-state index in [1.807, 2.05) is 19.9 Å². The summed E-state index contributed by atoms with van der Waals surface area (Å²) in [5.74, 6) is 0.200. The van der Waals surface area contributed by atoms with Gasteiger partial charge in [-0.15, -0.1) is 0 Å². The average Bonchev–Trinajstić information content (AvgIpc) is 2.85. The third-order valence-electron chi connectivity index (χ3n) is 6.82. The summed E-state index contributed by atoms with van der Waals surface area (Å²) in [5.41, 5.74) is 2.59. The third kappa shape index (κ3) is 4.50. The molecule has 0 saturated carbocycles. The molecule has 0 aromatic heterocycles. The van der Waals surface area contributed by atoms with E-state index in [1.165, 1.54) is 34.5 Å². The van der Waals surface area contributed by atoms with Crippen LogP contribution in [-0.2, 0) is 11.2 Å². The summed E-state index contributed by atoms with van der Waals surface area (Å²) in [4.78, 5) is 12.9. The van der Waals surface area contributed by atoms with Crippen LogP contribution in [0.2, 0.25) is 0 Å². The molecular formula is C27H34O8. The zero-order valence-corrected chi connectivity index (χ0v) is 21.5. The van der Waals surface area contributed by atoms with Crippen LogP contribution in [0.4, 0.5) is 0 Å². The van der Waals surface area contributed by atoms with E-state index in [0.717, 1.165) is 5.56 Å². The molecule has 0 radical (unpaired) electrons. The Morgan fingerprint density at radius 1 is 0.943 bits per heavy atom. The van der Waals surface area contributed by atoms with Crippen molar-refractivity contribution in [3.63, 3.8) is 0 Å². The number of ether oxygens (including phenoxy) is 5. The van der Waals surface area contributed by atoms with Gasteiger partial charge in [0.2, 0.25) is 11.5 Å². The molecule has 1 aliphatic rings. The molecule has 35 heavy (non-hydrogen) atoms. The fourth-order valence-electron chi connectivity index (χ4n) is 4.49. The summed E-state index contributed by atoms with van der Waals surface area (Å²) in [6.07, 6.45) is 1.27. The van der Waals surface area contributed by atoms with E-state index in [0.29, 0.717) is 34.4 Å². The fourth-order valence-corrected chi connectivity index (χ4v) is 4.49. The molecule has 3 atom stereocenters. The van der Waals surface area contributed by atoms with Crippen LogP contribution in [0.3, 0.4) is 0 Å². The first-order valence-corrected chi connectivity index (χ1v) is 11.4. The van der Waals surface area contributed by atoms with Crippen molar-refractivity contribution in [1.82, 2.24) is 0 Å². The van der Waals surface area contributed by atoms with Crippen molar-refractivity contribution < 1.29 is 38.7 Å². The van der Waals surface area contributed by atoms with Gasteiger partial charge in [0.1, 0.15) is 0 Å². The summed E-state index contributed by atoms with van der Waals surface area (Å²) < 4.78 is 28.4. The number of benzene rings is 2. The normalized spacial score (nSPS) is 19.6. The van der Waals surface area contributed by atoms with Gasteiger partial charge in [-0.1, -0.05) is 19.9 Å². The Morgan fingerprint density at radius 3 is 2.11 bits per heavy atom. The molecule has 2 aromatic carbocycles. The number of aromatic hydroxyl groups is 1. The number of methoxy groups -OCH3 is 4. The van der Waals surface area contributed by atoms with E-state index in [1.54, 1.807) is 19.9 Å². The number of carbonyl (C=O) groups excluding carboxylic acids is 1. The first kappa shape index (κ1) is 26.2. The molecule has 0 aliphatic heterocycles. The van der Waals surface area contributed by atoms with Crippen molar-refractivity contribution in [2.45, 2.75) is 40.2 Å². The highest BCUT2D eigenvalue weighted by Gasteiger charge is 2.37. The molecule has 0 amide bonds.